The summed E-state index contributed by atoms with van der Waals surface area (Å²) in [6.45, 7) is 0. The maximum absolute atomic E-state index is 9.89. The molecule has 0 aromatic heterocycles. The fourth-order valence-electron chi connectivity index (χ4n) is 3.30. The van der Waals surface area contributed by atoms with E-state index in [2.05, 4.69) is 42.5 Å². The van der Waals surface area contributed by atoms with Crippen molar-refractivity contribution in [3.63, 3.8) is 0 Å². The summed E-state index contributed by atoms with van der Waals surface area (Å²) in [5.41, 5.74) is 5.06. The molecule has 0 saturated heterocycles. The molecule has 2 aromatic rings. The number of benzene rings is 2. The highest BCUT2D eigenvalue weighted by Crippen LogP contribution is 2.42. The van der Waals surface area contributed by atoms with Gasteiger partial charge in [-0.15, -0.1) is 0 Å². The second-order valence-corrected chi connectivity index (χ2v) is 5.79. The smallest absolute Gasteiger partial charge is 0.129 e. The standard InChI is InChI=1S/C22H16N2/c23-16-21-22(18-11-5-2-6-12-18)20(17-9-3-1-4-10-17)15-19-13-7-8-14-24(19)21/h1-15,20H. The zero-order valence-electron chi connectivity index (χ0n) is 13.1. The molecule has 0 amide bonds. The van der Waals surface area contributed by atoms with E-state index in [1.165, 1.54) is 5.56 Å². The minimum absolute atomic E-state index is 0.0608. The molecule has 24 heavy (non-hydrogen) atoms. The summed E-state index contributed by atoms with van der Waals surface area (Å²) in [6, 6.07) is 23.0. The maximum atomic E-state index is 9.89. The van der Waals surface area contributed by atoms with Crippen molar-refractivity contribution in [2.24, 2.45) is 0 Å². The van der Waals surface area contributed by atoms with Crippen LogP contribution in [0.15, 0.2) is 103 Å². The Morgan fingerprint density at radius 3 is 2.29 bits per heavy atom. The summed E-state index contributed by atoms with van der Waals surface area (Å²) in [5.74, 6) is 0.0608. The minimum Gasteiger partial charge on any atom is -0.308 e. The number of rotatable bonds is 2. The van der Waals surface area contributed by atoms with Gasteiger partial charge in [-0.25, -0.2) is 0 Å². The third kappa shape index (κ3) is 2.37. The molecule has 0 spiro atoms. The molecule has 0 aliphatic carbocycles. The molecule has 1 atom stereocenters. The van der Waals surface area contributed by atoms with Crippen LogP contribution in [0.3, 0.4) is 0 Å². The van der Waals surface area contributed by atoms with E-state index in [4.69, 9.17) is 0 Å². The van der Waals surface area contributed by atoms with Gasteiger partial charge in [0.05, 0.1) is 0 Å². The van der Waals surface area contributed by atoms with E-state index in [0.29, 0.717) is 5.70 Å². The molecule has 0 N–H and O–H groups in total. The average Bonchev–Trinajstić information content (AvgIpc) is 2.67. The number of hydrogen-bond acceptors (Lipinski definition) is 2. The summed E-state index contributed by atoms with van der Waals surface area (Å²) >= 11 is 0. The van der Waals surface area contributed by atoms with Crippen molar-refractivity contribution in [3.8, 4) is 6.07 Å². The summed E-state index contributed by atoms with van der Waals surface area (Å²) in [4.78, 5) is 1.97. The summed E-state index contributed by atoms with van der Waals surface area (Å²) in [7, 11) is 0. The van der Waals surface area contributed by atoms with Gasteiger partial charge in [0.2, 0.25) is 0 Å². The lowest BCUT2D eigenvalue weighted by atomic mass is 9.82. The lowest BCUT2D eigenvalue weighted by Gasteiger charge is -2.33. The number of allylic oxidation sites excluding steroid dienone is 6. The van der Waals surface area contributed by atoms with Crippen molar-refractivity contribution < 1.29 is 0 Å². The van der Waals surface area contributed by atoms with Crippen molar-refractivity contribution >= 4 is 5.57 Å². The molecule has 0 fully saturated rings. The Bertz CT molecular complexity index is 909. The Labute approximate surface area is 142 Å². The minimum atomic E-state index is 0.0608. The van der Waals surface area contributed by atoms with Crippen LogP contribution >= 0.6 is 0 Å². The van der Waals surface area contributed by atoms with Crippen molar-refractivity contribution in [1.82, 2.24) is 4.90 Å². The quantitative estimate of drug-likeness (QED) is 0.781. The Balaban J connectivity index is 1.96. The van der Waals surface area contributed by atoms with Crippen LogP contribution in [0.5, 0.6) is 0 Å². The van der Waals surface area contributed by atoms with E-state index in [9.17, 15) is 5.26 Å². The topological polar surface area (TPSA) is 27.0 Å². The number of hydrogen-bond donors (Lipinski definition) is 0. The number of fused-ring (bicyclic) bond motifs is 1. The zero-order chi connectivity index (χ0) is 16.4. The first kappa shape index (κ1) is 14.3. The predicted molar refractivity (Wildman–Crippen MR) is 96.4 cm³/mol. The van der Waals surface area contributed by atoms with Gasteiger partial charge in [0, 0.05) is 23.4 Å². The SMILES string of the molecule is N#CC1=C(c2ccccc2)C(c2ccccc2)C=C2C=CC=CN21. The molecule has 4 rings (SSSR count). The summed E-state index contributed by atoms with van der Waals surface area (Å²) in [5, 5.41) is 9.89. The van der Waals surface area contributed by atoms with Crippen molar-refractivity contribution in [3.05, 3.63) is 114 Å². The first-order valence-electron chi connectivity index (χ1n) is 7.99. The van der Waals surface area contributed by atoms with E-state index in [0.717, 1.165) is 16.8 Å². The highest BCUT2D eigenvalue weighted by atomic mass is 15.1. The Kier molecular flexibility index (Phi) is 3.61. The number of nitrogens with zero attached hydrogens (tertiary/aromatic N) is 2. The second-order valence-electron chi connectivity index (χ2n) is 5.79. The van der Waals surface area contributed by atoms with Gasteiger partial charge in [-0.1, -0.05) is 66.7 Å². The van der Waals surface area contributed by atoms with Crippen molar-refractivity contribution in [2.75, 3.05) is 0 Å². The van der Waals surface area contributed by atoms with Gasteiger partial charge in [-0.3, -0.25) is 0 Å². The Hall–Kier alpha value is -3.31. The van der Waals surface area contributed by atoms with Crippen LogP contribution in [0.25, 0.3) is 5.57 Å². The highest BCUT2D eigenvalue weighted by molar-refractivity contribution is 5.80. The van der Waals surface area contributed by atoms with Crippen LogP contribution in [0.4, 0.5) is 0 Å². The zero-order valence-corrected chi connectivity index (χ0v) is 13.1. The molecule has 2 nitrogen and oxygen atoms in total. The first-order valence-corrected chi connectivity index (χ1v) is 7.99. The Morgan fingerprint density at radius 1 is 0.875 bits per heavy atom. The monoisotopic (exact) mass is 308 g/mol. The van der Waals surface area contributed by atoms with Gasteiger partial charge in [0.15, 0.2) is 0 Å². The van der Waals surface area contributed by atoms with Gasteiger partial charge < -0.3 is 4.90 Å². The summed E-state index contributed by atoms with van der Waals surface area (Å²) in [6.07, 6.45) is 10.2. The lowest BCUT2D eigenvalue weighted by Crippen LogP contribution is -2.23. The van der Waals surface area contributed by atoms with Crippen LogP contribution in [-0.2, 0) is 0 Å². The third-order valence-corrected chi connectivity index (χ3v) is 4.39. The van der Waals surface area contributed by atoms with Crippen molar-refractivity contribution in [1.29, 1.82) is 5.26 Å². The van der Waals surface area contributed by atoms with Crippen LogP contribution < -0.4 is 0 Å². The molecule has 0 bridgehead atoms. The molecule has 2 aromatic carbocycles. The molecule has 0 radical (unpaired) electrons. The first-order chi connectivity index (χ1) is 11.9. The average molecular weight is 308 g/mol. The highest BCUT2D eigenvalue weighted by Gasteiger charge is 2.29. The predicted octanol–water partition coefficient (Wildman–Crippen LogP) is 4.99. The molecule has 2 aliphatic rings. The van der Waals surface area contributed by atoms with Gasteiger partial charge in [0.25, 0.3) is 0 Å². The fourth-order valence-corrected chi connectivity index (χ4v) is 3.30. The second kappa shape index (κ2) is 6.06. The van der Waals surface area contributed by atoms with E-state index in [-0.39, 0.29) is 5.92 Å². The third-order valence-electron chi connectivity index (χ3n) is 4.39. The maximum Gasteiger partial charge on any atom is 0.129 e. The normalized spacial score (nSPS) is 18.9. The van der Waals surface area contributed by atoms with Crippen LogP contribution in [-0.4, -0.2) is 4.90 Å². The van der Waals surface area contributed by atoms with Crippen LogP contribution in [0.2, 0.25) is 0 Å². The van der Waals surface area contributed by atoms with Gasteiger partial charge in [-0.2, -0.15) is 5.26 Å². The summed E-state index contributed by atoms with van der Waals surface area (Å²) < 4.78 is 0. The van der Waals surface area contributed by atoms with E-state index in [1.807, 2.05) is 59.7 Å². The number of nitriles is 1. The molecule has 114 valence electrons. The molecule has 2 heteroatoms. The molecule has 2 heterocycles. The molecular formula is C22H16N2. The molecule has 0 saturated carbocycles. The lowest BCUT2D eigenvalue weighted by molar-refractivity contribution is 0.594. The van der Waals surface area contributed by atoms with Gasteiger partial charge in [0.1, 0.15) is 11.8 Å². The Morgan fingerprint density at radius 2 is 1.58 bits per heavy atom. The molecule has 2 aliphatic heterocycles. The van der Waals surface area contributed by atoms with E-state index in [1.54, 1.807) is 0 Å². The fraction of sp³-hybridized carbons (Fsp3) is 0.0455. The molecule has 1 unspecified atom stereocenters. The van der Waals surface area contributed by atoms with E-state index < -0.39 is 0 Å². The van der Waals surface area contributed by atoms with Crippen molar-refractivity contribution in [2.45, 2.75) is 5.92 Å². The largest absolute Gasteiger partial charge is 0.308 e. The van der Waals surface area contributed by atoms with Gasteiger partial charge in [-0.05, 0) is 29.4 Å². The van der Waals surface area contributed by atoms with E-state index >= 15 is 0 Å². The van der Waals surface area contributed by atoms with Gasteiger partial charge >= 0.3 is 0 Å². The van der Waals surface area contributed by atoms with Crippen LogP contribution in [0, 0.1) is 11.3 Å². The molecular weight excluding hydrogens is 292 g/mol. The van der Waals surface area contributed by atoms with Crippen LogP contribution in [0.1, 0.15) is 17.0 Å².